The summed E-state index contributed by atoms with van der Waals surface area (Å²) in [5.74, 6) is 2.79. The first-order chi connectivity index (χ1) is 15.1. The van der Waals surface area contributed by atoms with Crippen molar-refractivity contribution in [3.05, 3.63) is 48.0 Å². The number of nitrogens with one attached hydrogen (secondary N) is 2. The number of hydrogen-bond donors (Lipinski definition) is 3. The number of aromatic hydroxyl groups is 1. The summed E-state index contributed by atoms with van der Waals surface area (Å²) in [4.78, 5) is 6.75. The summed E-state index contributed by atoms with van der Waals surface area (Å²) >= 11 is 0. The summed E-state index contributed by atoms with van der Waals surface area (Å²) in [6, 6.07) is 13.8. The highest BCUT2D eigenvalue weighted by Crippen LogP contribution is 2.30. The van der Waals surface area contributed by atoms with Crippen molar-refractivity contribution in [2.24, 2.45) is 4.99 Å². The number of aryl methyl sites for hydroxylation is 1. The molecule has 1 heterocycles. The summed E-state index contributed by atoms with van der Waals surface area (Å²) in [7, 11) is 5.17. The Hall–Kier alpha value is -3.09. The number of piperidine rings is 1. The molecule has 3 N–H and O–H groups in total. The van der Waals surface area contributed by atoms with Gasteiger partial charge in [-0.25, -0.2) is 0 Å². The molecule has 0 amide bonds. The molecule has 1 aliphatic rings. The van der Waals surface area contributed by atoms with Crippen LogP contribution in [0.1, 0.15) is 24.8 Å². The Bertz CT molecular complexity index is 824. The number of phenolic OH excluding ortho intramolecular Hbond substituents is 1. The molecule has 7 nitrogen and oxygen atoms in total. The molecular weight excluding hydrogens is 392 g/mol. The maximum Gasteiger partial charge on any atom is 0.191 e. The Kier molecular flexibility index (Phi) is 8.27. The third-order valence-electron chi connectivity index (χ3n) is 5.63. The van der Waals surface area contributed by atoms with Crippen LogP contribution in [-0.4, -0.2) is 58.0 Å². The van der Waals surface area contributed by atoms with Gasteiger partial charge in [0.25, 0.3) is 0 Å². The number of anilines is 1. The van der Waals surface area contributed by atoms with Crippen LogP contribution in [0.3, 0.4) is 0 Å². The van der Waals surface area contributed by atoms with Crippen LogP contribution in [0.4, 0.5) is 5.69 Å². The Morgan fingerprint density at radius 2 is 1.71 bits per heavy atom. The van der Waals surface area contributed by atoms with Gasteiger partial charge in [-0.3, -0.25) is 4.99 Å². The molecule has 0 saturated carbocycles. The first-order valence-corrected chi connectivity index (χ1v) is 10.8. The number of guanidine groups is 1. The largest absolute Gasteiger partial charge is 0.508 e. The fourth-order valence-corrected chi connectivity index (χ4v) is 3.81. The minimum absolute atomic E-state index is 0.308. The third kappa shape index (κ3) is 6.70. The van der Waals surface area contributed by atoms with Gasteiger partial charge in [0.1, 0.15) is 17.2 Å². The van der Waals surface area contributed by atoms with Crippen molar-refractivity contribution >= 4 is 11.6 Å². The van der Waals surface area contributed by atoms with Crippen LogP contribution in [-0.2, 0) is 6.42 Å². The predicted octanol–water partition coefficient (Wildman–Crippen LogP) is 3.18. The van der Waals surface area contributed by atoms with Crippen LogP contribution < -0.4 is 25.0 Å². The molecule has 1 fully saturated rings. The van der Waals surface area contributed by atoms with E-state index in [0.717, 1.165) is 68.5 Å². The van der Waals surface area contributed by atoms with E-state index in [9.17, 15) is 5.11 Å². The molecule has 0 spiro atoms. The van der Waals surface area contributed by atoms with Crippen LogP contribution in [0.15, 0.2) is 47.5 Å². The van der Waals surface area contributed by atoms with Gasteiger partial charge in [0, 0.05) is 56.6 Å². The Morgan fingerprint density at radius 3 is 2.29 bits per heavy atom. The fourth-order valence-electron chi connectivity index (χ4n) is 3.81. The Labute approximate surface area is 185 Å². The zero-order valence-electron chi connectivity index (χ0n) is 18.7. The van der Waals surface area contributed by atoms with Crippen molar-refractivity contribution in [2.75, 3.05) is 45.8 Å². The average Bonchev–Trinajstić information content (AvgIpc) is 2.82. The van der Waals surface area contributed by atoms with Crippen molar-refractivity contribution < 1.29 is 14.6 Å². The lowest BCUT2D eigenvalue weighted by atomic mass is 10.0. The highest BCUT2D eigenvalue weighted by Gasteiger charge is 2.21. The topological polar surface area (TPSA) is 78.4 Å². The molecule has 3 rings (SSSR count). The highest BCUT2D eigenvalue weighted by molar-refractivity contribution is 5.80. The van der Waals surface area contributed by atoms with E-state index in [1.807, 2.05) is 25.2 Å². The zero-order valence-corrected chi connectivity index (χ0v) is 18.7. The van der Waals surface area contributed by atoms with E-state index in [2.05, 4.69) is 32.7 Å². The quantitative estimate of drug-likeness (QED) is 0.342. The van der Waals surface area contributed by atoms with Crippen LogP contribution in [0, 0.1) is 0 Å². The lowest BCUT2D eigenvalue weighted by Crippen LogP contribution is -2.49. The lowest BCUT2D eigenvalue weighted by Gasteiger charge is -2.34. The number of rotatable bonds is 8. The molecule has 0 bridgehead atoms. The molecule has 31 heavy (non-hydrogen) atoms. The normalized spacial score (nSPS) is 14.9. The molecule has 1 saturated heterocycles. The van der Waals surface area contributed by atoms with Gasteiger partial charge in [0.2, 0.25) is 0 Å². The van der Waals surface area contributed by atoms with Gasteiger partial charge in [-0.05, 0) is 43.4 Å². The Morgan fingerprint density at radius 1 is 1.06 bits per heavy atom. The van der Waals surface area contributed by atoms with Crippen LogP contribution in [0.25, 0.3) is 0 Å². The Balaban J connectivity index is 1.42. The summed E-state index contributed by atoms with van der Waals surface area (Å²) < 4.78 is 10.8. The van der Waals surface area contributed by atoms with Crippen molar-refractivity contribution in [1.82, 2.24) is 10.6 Å². The van der Waals surface area contributed by atoms with E-state index in [0.29, 0.717) is 11.8 Å². The number of benzene rings is 2. The van der Waals surface area contributed by atoms with Crippen LogP contribution in [0.5, 0.6) is 17.2 Å². The smallest absolute Gasteiger partial charge is 0.191 e. The number of hydrogen-bond acceptors (Lipinski definition) is 5. The second-order valence-corrected chi connectivity index (χ2v) is 7.75. The molecule has 0 atom stereocenters. The number of aliphatic imine (C=N–C) groups is 1. The first kappa shape index (κ1) is 22.6. The molecule has 168 valence electrons. The van der Waals surface area contributed by atoms with Gasteiger partial charge in [-0.2, -0.15) is 0 Å². The second kappa shape index (κ2) is 11.3. The van der Waals surface area contributed by atoms with Crippen LogP contribution in [0.2, 0.25) is 0 Å². The summed E-state index contributed by atoms with van der Waals surface area (Å²) in [5.41, 5.74) is 2.36. The minimum atomic E-state index is 0.308. The maximum absolute atomic E-state index is 9.37. The molecule has 1 aliphatic heterocycles. The molecule has 2 aromatic carbocycles. The van der Waals surface area contributed by atoms with Gasteiger partial charge < -0.3 is 30.1 Å². The average molecular weight is 427 g/mol. The summed E-state index contributed by atoms with van der Waals surface area (Å²) in [6.45, 7) is 2.78. The molecule has 0 unspecified atom stereocenters. The lowest BCUT2D eigenvalue weighted by molar-refractivity contribution is 0.393. The van der Waals surface area contributed by atoms with Crippen molar-refractivity contribution in [3.8, 4) is 17.2 Å². The number of ether oxygens (including phenoxy) is 2. The minimum Gasteiger partial charge on any atom is -0.508 e. The number of nitrogens with zero attached hydrogens (tertiary/aromatic N) is 2. The van der Waals surface area contributed by atoms with Crippen molar-refractivity contribution in [2.45, 2.75) is 31.7 Å². The maximum atomic E-state index is 9.37. The van der Waals surface area contributed by atoms with Gasteiger partial charge in [-0.1, -0.05) is 12.1 Å². The van der Waals surface area contributed by atoms with E-state index < -0.39 is 0 Å². The van der Waals surface area contributed by atoms with Crippen molar-refractivity contribution in [3.63, 3.8) is 0 Å². The van der Waals surface area contributed by atoms with Gasteiger partial charge in [0.15, 0.2) is 5.96 Å². The second-order valence-electron chi connectivity index (χ2n) is 7.75. The predicted molar refractivity (Wildman–Crippen MR) is 126 cm³/mol. The van der Waals surface area contributed by atoms with E-state index in [1.165, 1.54) is 5.56 Å². The SMILES string of the molecule is CN=C(NCCCc1ccc(O)cc1)NC1CCN(c2cc(OC)cc(OC)c2)CC1. The highest BCUT2D eigenvalue weighted by atomic mass is 16.5. The van der Waals surface area contributed by atoms with E-state index in [4.69, 9.17) is 9.47 Å². The van der Waals surface area contributed by atoms with E-state index in [1.54, 1.807) is 26.4 Å². The molecule has 0 radical (unpaired) electrons. The molecule has 0 aromatic heterocycles. The third-order valence-corrected chi connectivity index (χ3v) is 5.63. The van der Waals surface area contributed by atoms with Crippen LogP contribution >= 0.6 is 0 Å². The number of methoxy groups -OCH3 is 2. The summed E-state index contributed by atoms with van der Waals surface area (Å²) in [5, 5.41) is 16.3. The monoisotopic (exact) mass is 426 g/mol. The molecular formula is C24H34N4O3. The van der Waals surface area contributed by atoms with Gasteiger partial charge >= 0.3 is 0 Å². The fraction of sp³-hybridized carbons (Fsp3) is 0.458. The molecule has 2 aromatic rings. The first-order valence-electron chi connectivity index (χ1n) is 10.8. The van der Waals surface area contributed by atoms with E-state index in [-0.39, 0.29) is 0 Å². The van der Waals surface area contributed by atoms with Gasteiger partial charge in [0.05, 0.1) is 14.2 Å². The van der Waals surface area contributed by atoms with E-state index >= 15 is 0 Å². The summed E-state index contributed by atoms with van der Waals surface area (Å²) in [6.07, 6.45) is 4.04. The standard InChI is InChI=1S/C24H34N4O3/c1-25-24(26-12-4-5-18-6-8-21(29)9-7-18)27-19-10-13-28(14-11-19)20-15-22(30-2)17-23(16-20)31-3/h6-9,15-17,19,29H,4-5,10-14H2,1-3H3,(H2,25,26,27). The molecule has 0 aliphatic carbocycles. The van der Waals surface area contributed by atoms with Gasteiger partial charge in [-0.15, -0.1) is 0 Å². The zero-order chi connectivity index (χ0) is 22.1. The molecule has 7 heteroatoms. The van der Waals surface area contributed by atoms with Crippen molar-refractivity contribution in [1.29, 1.82) is 0 Å². The number of phenols is 1.